The lowest BCUT2D eigenvalue weighted by molar-refractivity contribution is 0.513. The van der Waals surface area contributed by atoms with E-state index in [1.54, 1.807) is 4.68 Å². The van der Waals surface area contributed by atoms with Crippen molar-refractivity contribution in [3.8, 4) is 0 Å². The minimum Gasteiger partial charge on any atom is -0.384 e. The molecule has 1 rings (SSSR count). The van der Waals surface area contributed by atoms with Gasteiger partial charge in [0.1, 0.15) is 5.82 Å². The number of nitrogen functional groups attached to an aromatic ring is 1. The molecule has 0 fully saturated rings. The van der Waals surface area contributed by atoms with Crippen LogP contribution in [0.25, 0.3) is 0 Å². The van der Waals surface area contributed by atoms with Gasteiger partial charge in [-0.25, -0.2) is 0 Å². The Balaban J connectivity index is 3.14. The summed E-state index contributed by atoms with van der Waals surface area (Å²) in [6.07, 6.45) is 0.964. The molecule has 1 aromatic heterocycles. The highest BCUT2D eigenvalue weighted by Crippen LogP contribution is 2.28. The maximum absolute atomic E-state index is 5.95. The van der Waals surface area contributed by atoms with Gasteiger partial charge in [-0.15, -0.1) is 0 Å². The van der Waals surface area contributed by atoms with Crippen LogP contribution in [-0.4, -0.2) is 9.78 Å². The van der Waals surface area contributed by atoms with Crippen LogP contribution in [0.5, 0.6) is 0 Å². The molecule has 1 heterocycles. The van der Waals surface area contributed by atoms with Crippen molar-refractivity contribution in [1.82, 2.24) is 9.78 Å². The van der Waals surface area contributed by atoms with Crippen LogP contribution in [0.15, 0.2) is 0 Å². The second-order valence-electron chi connectivity index (χ2n) is 4.26. The summed E-state index contributed by atoms with van der Waals surface area (Å²) in [5.74, 6) is 1.90. The Labute approximate surface area is 86.3 Å². The highest BCUT2D eigenvalue weighted by molar-refractivity contribution is 5.44. The maximum Gasteiger partial charge on any atom is 0.124 e. The van der Waals surface area contributed by atoms with Crippen LogP contribution in [0, 0.1) is 5.92 Å². The van der Waals surface area contributed by atoms with E-state index in [9.17, 15) is 0 Å². The first-order valence-corrected chi connectivity index (χ1v) is 5.30. The van der Waals surface area contributed by atoms with Crippen LogP contribution in [-0.2, 0) is 13.5 Å². The van der Waals surface area contributed by atoms with E-state index in [1.807, 2.05) is 7.05 Å². The van der Waals surface area contributed by atoms with Gasteiger partial charge in [0.15, 0.2) is 0 Å². The molecule has 0 saturated carbocycles. The Morgan fingerprint density at radius 3 is 2.36 bits per heavy atom. The smallest absolute Gasteiger partial charge is 0.124 e. The van der Waals surface area contributed by atoms with Crippen molar-refractivity contribution in [2.75, 3.05) is 5.73 Å². The van der Waals surface area contributed by atoms with Crippen LogP contribution in [0.2, 0.25) is 0 Å². The molecule has 0 spiro atoms. The fourth-order valence-corrected chi connectivity index (χ4v) is 1.65. The summed E-state index contributed by atoms with van der Waals surface area (Å²) in [5, 5.41) is 4.49. The van der Waals surface area contributed by atoms with E-state index in [-0.39, 0.29) is 0 Å². The van der Waals surface area contributed by atoms with E-state index >= 15 is 0 Å². The molecule has 2 N–H and O–H groups in total. The largest absolute Gasteiger partial charge is 0.384 e. The zero-order valence-corrected chi connectivity index (χ0v) is 9.83. The third-order valence-electron chi connectivity index (χ3n) is 3.01. The van der Waals surface area contributed by atoms with Gasteiger partial charge < -0.3 is 5.73 Å². The predicted molar refractivity (Wildman–Crippen MR) is 60.3 cm³/mol. The highest BCUT2D eigenvalue weighted by Gasteiger charge is 2.19. The van der Waals surface area contributed by atoms with E-state index in [0.717, 1.165) is 12.2 Å². The van der Waals surface area contributed by atoms with Crippen molar-refractivity contribution in [2.45, 2.75) is 40.0 Å². The monoisotopic (exact) mass is 195 g/mol. The van der Waals surface area contributed by atoms with Crippen LogP contribution >= 0.6 is 0 Å². The lowest BCUT2D eigenvalue weighted by Gasteiger charge is -2.14. The summed E-state index contributed by atoms with van der Waals surface area (Å²) in [5.41, 5.74) is 8.34. The zero-order chi connectivity index (χ0) is 10.9. The highest BCUT2D eigenvalue weighted by atomic mass is 15.3. The molecular weight excluding hydrogens is 174 g/mol. The zero-order valence-electron chi connectivity index (χ0n) is 9.83. The molecule has 0 aliphatic heterocycles. The van der Waals surface area contributed by atoms with Crippen LogP contribution < -0.4 is 5.73 Å². The summed E-state index contributed by atoms with van der Waals surface area (Å²) >= 11 is 0. The minimum atomic E-state index is 0.480. The first kappa shape index (κ1) is 11.1. The molecule has 0 aliphatic rings. The van der Waals surface area contributed by atoms with E-state index in [4.69, 9.17) is 5.73 Å². The Morgan fingerprint density at radius 1 is 1.36 bits per heavy atom. The summed E-state index contributed by atoms with van der Waals surface area (Å²) in [6, 6.07) is 0. The number of nitrogens with two attached hydrogens (primary N) is 1. The lowest BCUT2D eigenvalue weighted by atomic mass is 9.91. The second-order valence-corrected chi connectivity index (χ2v) is 4.26. The van der Waals surface area contributed by atoms with E-state index in [2.05, 4.69) is 32.8 Å². The Morgan fingerprint density at radius 2 is 1.93 bits per heavy atom. The van der Waals surface area contributed by atoms with Gasteiger partial charge >= 0.3 is 0 Å². The van der Waals surface area contributed by atoms with Gasteiger partial charge in [-0.05, 0) is 12.3 Å². The number of rotatable bonds is 3. The Kier molecular flexibility index (Phi) is 3.19. The van der Waals surface area contributed by atoms with Gasteiger partial charge in [0.05, 0.1) is 5.69 Å². The van der Waals surface area contributed by atoms with Crippen molar-refractivity contribution in [3.05, 3.63) is 11.3 Å². The summed E-state index contributed by atoms with van der Waals surface area (Å²) < 4.78 is 1.78. The summed E-state index contributed by atoms with van der Waals surface area (Å²) in [4.78, 5) is 0. The van der Waals surface area contributed by atoms with Gasteiger partial charge in [-0.1, -0.05) is 27.7 Å². The third-order valence-corrected chi connectivity index (χ3v) is 3.01. The molecular formula is C11H21N3. The van der Waals surface area contributed by atoms with Crippen LogP contribution in [0.4, 0.5) is 5.82 Å². The van der Waals surface area contributed by atoms with Gasteiger partial charge in [0, 0.05) is 18.5 Å². The van der Waals surface area contributed by atoms with Crippen molar-refractivity contribution in [1.29, 1.82) is 0 Å². The van der Waals surface area contributed by atoms with E-state index < -0.39 is 0 Å². The van der Waals surface area contributed by atoms with Crippen molar-refractivity contribution in [2.24, 2.45) is 13.0 Å². The molecule has 1 atom stereocenters. The standard InChI is InChI=1S/C11H21N3/c1-6-9-10(8(4)7(2)3)13-14(5)11(9)12/h7-8H,6,12H2,1-5H3. The van der Waals surface area contributed by atoms with E-state index in [0.29, 0.717) is 11.8 Å². The fourth-order valence-electron chi connectivity index (χ4n) is 1.65. The molecule has 80 valence electrons. The lowest BCUT2D eigenvalue weighted by Crippen LogP contribution is -2.05. The van der Waals surface area contributed by atoms with Crippen molar-refractivity contribution < 1.29 is 0 Å². The first-order valence-electron chi connectivity index (χ1n) is 5.30. The van der Waals surface area contributed by atoms with E-state index in [1.165, 1.54) is 11.3 Å². The quantitative estimate of drug-likeness (QED) is 0.804. The number of anilines is 1. The molecule has 0 aliphatic carbocycles. The number of nitrogens with zero attached hydrogens (tertiary/aromatic N) is 2. The molecule has 0 amide bonds. The molecule has 1 aromatic rings. The van der Waals surface area contributed by atoms with Crippen molar-refractivity contribution in [3.63, 3.8) is 0 Å². The molecule has 3 heteroatoms. The molecule has 0 saturated heterocycles. The maximum atomic E-state index is 5.95. The SMILES string of the molecule is CCc1c(C(C)C(C)C)nn(C)c1N. The topological polar surface area (TPSA) is 43.8 Å². The molecule has 0 aromatic carbocycles. The number of aryl methyl sites for hydroxylation is 1. The normalized spacial score (nSPS) is 13.6. The Hall–Kier alpha value is -0.990. The van der Waals surface area contributed by atoms with Crippen molar-refractivity contribution >= 4 is 5.82 Å². The predicted octanol–water partition coefficient (Wildman–Crippen LogP) is 2.32. The molecule has 3 nitrogen and oxygen atoms in total. The Bertz CT molecular complexity index is 313. The average molecular weight is 195 g/mol. The first-order chi connectivity index (χ1) is 6.49. The summed E-state index contributed by atoms with van der Waals surface area (Å²) in [6.45, 7) is 8.78. The number of hydrogen-bond acceptors (Lipinski definition) is 2. The van der Waals surface area contributed by atoms with Gasteiger partial charge in [0.2, 0.25) is 0 Å². The molecule has 0 bridgehead atoms. The molecule has 0 radical (unpaired) electrons. The van der Waals surface area contributed by atoms with Gasteiger partial charge in [-0.2, -0.15) is 5.10 Å². The average Bonchev–Trinajstić information content (AvgIpc) is 2.41. The van der Waals surface area contributed by atoms with Gasteiger partial charge in [0.25, 0.3) is 0 Å². The molecule has 14 heavy (non-hydrogen) atoms. The number of aromatic nitrogens is 2. The van der Waals surface area contributed by atoms with Crippen LogP contribution in [0.1, 0.15) is 44.9 Å². The van der Waals surface area contributed by atoms with Gasteiger partial charge in [-0.3, -0.25) is 4.68 Å². The second kappa shape index (κ2) is 4.03. The van der Waals surface area contributed by atoms with Crippen LogP contribution in [0.3, 0.4) is 0 Å². The fraction of sp³-hybridized carbons (Fsp3) is 0.727. The third kappa shape index (κ3) is 1.76. The summed E-state index contributed by atoms with van der Waals surface area (Å²) in [7, 11) is 1.91. The molecule has 1 unspecified atom stereocenters. The minimum absolute atomic E-state index is 0.480. The number of hydrogen-bond donors (Lipinski definition) is 1.